The smallest absolute Gasteiger partial charge is 0.340 e. The maximum Gasteiger partial charge on any atom is 0.340 e. The first-order valence-corrected chi connectivity index (χ1v) is 7.44. The summed E-state index contributed by atoms with van der Waals surface area (Å²) in [5.74, 6) is -0.154. The Bertz CT molecular complexity index is 727. The van der Waals surface area contributed by atoms with Gasteiger partial charge in [0.2, 0.25) is 0 Å². The molecule has 1 aliphatic rings. The molecule has 0 unspecified atom stereocenters. The van der Waals surface area contributed by atoms with E-state index in [1.54, 1.807) is 6.07 Å². The molecule has 1 aliphatic carbocycles. The predicted molar refractivity (Wildman–Crippen MR) is 80.8 cm³/mol. The second-order valence-electron chi connectivity index (χ2n) is 5.44. The third-order valence-electron chi connectivity index (χ3n) is 4.14. The Morgan fingerprint density at radius 1 is 1.33 bits per heavy atom. The van der Waals surface area contributed by atoms with Crippen molar-refractivity contribution in [2.45, 2.75) is 39.2 Å². The Labute approximate surface area is 123 Å². The number of Topliss-reactive ketones (excluding diaryl/α,β-unsaturated/α-hetero) is 1. The second kappa shape index (κ2) is 5.35. The van der Waals surface area contributed by atoms with Crippen molar-refractivity contribution in [2.75, 3.05) is 7.11 Å². The zero-order valence-corrected chi connectivity index (χ0v) is 12.4. The second-order valence-corrected chi connectivity index (χ2v) is 5.44. The van der Waals surface area contributed by atoms with Crippen LogP contribution in [0.15, 0.2) is 18.2 Å². The van der Waals surface area contributed by atoms with E-state index in [1.807, 2.05) is 12.1 Å². The van der Waals surface area contributed by atoms with Crippen LogP contribution >= 0.6 is 0 Å². The number of benzene rings is 1. The molecule has 0 fully saturated rings. The molecule has 0 amide bonds. The molecule has 21 heavy (non-hydrogen) atoms. The molecule has 0 saturated heterocycles. The van der Waals surface area contributed by atoms with Gasteiger partial charge < -0.3 is 9.30 Å². The number of hydrogen-bond donors (Lipinski definition) is 0. The SMILES string of the molecule is CCCn1c2c(c3cccc(C(=O)OC)c31)C(=O)CCC2. The van der Waals surface area contributed by atoms with Crippen LogP contribution in [0.3, 0.4) is 0 Å². The van der Waals surface area contributed by atoms with Crippen LogP contribution in [0.5, 0.6) is 0 Å². The van der Waals surface area contributed by atoms with Gasteiger partial charge in [-0.3, -0.25) is 4.79 Å². The highest BCUT2D eigenvalue weighted by Gasteiger charge is 2.27. The first-order valence-electron chi connectivity index (χ1n) is 7.44. The average molecular weight is 285 g/mol. The van der Waals surface area contributed by atoms with Gasteiger partial charge in [0.05, 0.1) is 18.2 Å². The molecule has 3 rings (SSSR count). The van der Waals surface area contributed by atoms with Crippen LogP contribution in [-0.2, 0) is 17.7 Å². The van der Waals surface area contributed by atoms with Crippen molar-refractivity contribution in [3.05, 3.63) is 35.0 Å². The molecule has 110 valence electrons. The fourth-order valence-electron chi connectivity index (χ4n) is 3.32. The molecule has 1 heterocycles. The molecule has 2 aromatic rings. The Hall–Kier alpha value is -2.10. The molecule has 4 heteroatoms. The summed E-state index contributed by atoms with van der Waals surface area (Å²) in [5.41, 5.74) is 3.30. The highest BCUT2D eigenvalue weighted by Crippen LogP contribution is 2.34. The topological polar surface area (TPSA) is 48.3 Å². The van der Waals surface area contributed by atoms with Gasteiger partial charge in [0.1, 0.15) is 0 Å². The number of aromatic nitrogens is 1. The quantitative estimate of drug-likeness (QED) is 0.812. The predicted octanol–water partition coefficient (Wildman–Crippen LogP) is 3.36. The number of methoxy groups -OCH3 is 1. The van der Waals surface area contributed by atoms with E-state index < -0.39 is 0 Å². The molecule has 0 radical (unpaired) electrons. The zero-order valence-electron chi connectivity index (χ0n) is 12.4. The normalized spacial score (nSPS) is 14.3. The number of aryl methyl sites for hydroxylation is 1. The summed E-state index contributed by atoms with van der Waals surface area (Å²) in [6.07, 6.45) is 3.34. The lowest BCUT2D eigenvalue weighted by molar-refractivity contribution is 0.0602. The number of rotatable bonds is 3. The number of hydrogen-bond acceptors (Lipinski definition) is 3. The average Bonchev–Trinajstić information content (AvgIpc) is 2.82. The Morgan fingerprint density at radius 3 is 2.86 bits per heavy atom. The van der Waals surface area contributed by atoms with Crippen molar-refractivity contribution < 1.29 is 14.3 Å². The molecule has 0 saturated carbocycles. The van der Waals surface area contributed by atoms with Crippen molar-refractivity contribution in [3.63, 3.8) is 0 Å². The number of carbonyl (C=O) groups excluding carboxylic acids is 2. The van der Waals surface area contributed by atoms with E-state index in [0.717, 1.165) is 48.0 Å². The minimum Gasteiger partial charge on any atom is -0.465 e. The summed E-state index contributed by atoms with van der Waals surface area (Å²) in [6, 6.07) is 5.54. The fraction of sp³-hybridized carbons (Fsp3) is 0.412. The first kappa shape index (κ1) is 13.9. The Balaban J connectivity index is 2.38. The molecule has 0 spiro atoms. The van der Waals surface area contributed by atoms with E-state index in [9.17, 15) is 9.59 Å². The summed E-state index contributed by atoms with van der Waals surface area (Å²) in [4.78, 5) is 24.4. The maximum absolute atomic E-state index is 12.3. The third-order valence-corrected chi connectivity index (χ3v) is 4.14. The number of carbonyl (C=O) groups is 2. The van der Waals surface area contributed by atoms with Gasteiger partial charge in [-0.2, -0.15) is 0 Å². The summed E-state index contributed by atoms with van der Waals surface area (Å²) < 4.78 is 7.05. The van der Waals surface area contributed by atoms with Gasteiger partial charge in [-0.15, -0.1) is 0 Å². The lowest BCUT2D eigenvalue weighted by Gasteiger charge is -2.15. The fourth-order valence-corrected chi connectivity index (χ4v) is 3.32. The minimum absolute atomic E-state index is 0.193. The van der Waals surface area contributed by atoms with Crippen molar-refractivity contribution in [2.24, 2.45) is 0 Å². The van der Waals surface area contributed by atoms with Gasteiger partial charge >= 0.3 is 5.97 Å². The molecule has 1 aromatic carbocycles. The molecular formula is C17H19NO3. The van der Waals surface area contributed by atoms with Crippen LogP contribution in [0, 0.1) is 0 Å². The van der Waals surface area contributed by atoms with E-state index in [1.165, 1.54) is 7.11 Å². The molecule has 0 N–H and O–H groups in total. The van der Waals surface area contributed by atoms with Gasteiger partial charge in [0.25, 0.3) is 0 Å². The number of ether oxygens (including phenoxy) is 1. The summed E-state index contributed by atoms with van der Waals surface area (Å²) in [6.45, 7) is 2.91. The van der Waals surface area contributed by atoms with Crippen LogP contribution in [0.4, 0.5) is 0 Å². The third kappa shape index (κ3) is 2.06. The van der Waals surface area contributed by atoms with Crippen LogP contribution in [0.2, 0.25) is 0 Å². The minimum atomic E-state index is -0.347. The highest BCUT2D eigenvalue weighted by molar-refractivity contribution is 6.14. The number of ketones is 1. The van der Waals surface area contributed by atoms with Gasteiger partial charge in [-0.1, -0.05) is 19.1 Å². The van der Waals surface area contributed by atoms with Crippen LogP contribution in [0.1, 0.15) is 52.6 Å². The van der Waals surface area contributed by atoms with E-state index in [-0.39, 0.29) is 11.8 Å². The van der Waals surface area contributed by atoms with Gasteiger partial charge in [-0.05, 0) is 25.3 Å². The molecule has 0 bridgehead atoms. The highest BCUT2D eigenvalue weighted by atomic mass is 16.5. The van der Waals surface area contributed by atoms with E-state index in [4.69, 9.17) is 4.74 Å². The summed E-state index contributed by atoms with van der Waals surface area (Å²) in [7, 11) is 1.39. The first-order chi connectivity index (χ1) is 10.2. The van der Waals surface area contributed by atoms with Gasteiger partial charge in [0.15, 0.2) is 5.78 Å². The van der Waals surface area contributed by atoms with Gasteiger partial charge in [0, 0.05) is 29.6 Å². The number of fused-ring (bicyclic) bond motifs is 3. The molecule has 1 aromatic heterocycles. The monoisotopic (exact) mass is 285 g/mol. The largest absolute Gasteiger partial charge is 0.465 e. The molecular weight excluding hydrogens is 266 g/mol. The summed E-state index contributed by atoms with van der Waals surface area (Å²) in [5, 5.41) is 0.894. The standard InChI is InChI=1S/C17H19NO3/c1-3-10-18-13-8-5-9-14(19)15(13)11-6-4-7-12(16(11)18)17(20)21-2/h4,6-7H,3,5,8-10H2,1-2H3. The maximum atomic E-state index is 12.3. The van der Waals surface area contributed by atoms with Crippen LogP contribution in [-0.4, -0.2) is 23.4 Å². The number of para-hydroxylation sites is 1. The Kier molecular flexibility index (Phi) is 3.53. The van der Waals surface area contributed by atoms with Crippen molar-refractivity contribution in [3.8, 4) is 0 Å². The van der Waals surface area contributed by atoms with Crippen molar-refractivity contribution in [1.82, 2.24) is 4.57 Å². The summed E-state index contributed by atoms with van der Waals surface area (Å²) >= 11 is 0. The van der Waals surface area contributed by atoms with Crippen LogP contribution in [0.25, 0.3) is 10.9 Å². The lowest BCUT2D eigenvalue weighted by Crippen LogP contribution is -2.13. The van der Waals surface area contributed by atoms with Crippen molar-refractivity contribution in [1.29, 1.82) is 0 Å². The van der Waals surface area contributed by atoms with E-state index in [0.29, 0.717) is 12.0 Å². The zero-order chi connectivity index (χ0) is 15.0. The van der Waals surface area contributed by atoms with Gasteiger partial charge in [-0.25, -0.2) is 4.79 Å². The van der Waals surface area contributed by atoms with E-state index in [2.05, 4.69) is 11.5 Å². The van der Waals surface area contributed by atoms with Crippen LogP contribution < -0.4 is 0 Å². The van der Waals surface area contributed by atoms with Crippen molar-refractivity contribution >= 4 is 22.7 Å². The molecule has 0 aliphatic heterocycles. The molecule has 4 nitrogen and oxygen atoms in total. The number of esters is 1. The Morgan fingerprint density at radius 2 is 2.14 bits per heavy atom. The molecule has 0 atom stereocenters. The lowest BCUT2D eigenvalue weighted by atomic mass is 9.94. The van der Waals surface area contributed by atoms with E-state index >= 15 is 0 Å². The number of nitrogens with zero attached hydrogens (tertiary/aromatic N) is 1.